The van der Waals surface area contributed by atoms with Gasteiger partial charge in [0.2, 0.25) is 0 Å². The normalized spacial score (nSPS) is 11.7. The van der Waals surface area contributed by atoms with Gasteiger partial charge < -0.3 is 15.2 Å². The molecule has 0 radical (unpaired) electrons. The Hall–Kier alpha value is -2.67. The minimum atomic E-state index is -1.35. The summed E-state index contributed by atoms with van der Waals surface area (Å²) in [5, 5.41) is 11.7. The number of ether oxygens (including phenoxy) is 1. The average molecular weight is 370 g/mol. The van der Waals surface area contributed by atoms with Crippen molar-refractivity contribution in [3.63, 3.8) is 0 Å². The molecule has 0 spiro atoms. The summed E-state index contributed by atoms with van der Waals surface area (Å²) < 4.78 is 31.9. The van der Waals surface area contributed by atoms with Gasteiger partial charge in [0.1, 0.15) is 11.8 Å². The fourth-order valence-electron chi connectivity index (χ4n) is 2.19. The first-order chi connectivity index (χ1) is 11.8. The molecule has 25 heavy (non-hydrogen) atoms. The van der Waals surface area contributed by atoms with Crippen LogP contribution in [0.25, 0.3) is 0 Å². The maximum Gasteiger partial charge on any atom is 0.326 e. The fourth-order valence-corrected chi connectivity index (χ4v) is 2.47. The number of methoxy groups -OCH3 is 1. The van der Waals surface area contributed by atoms with Gasteiger partial charge in [0.15, 0.2) is 11.6 Å². The molecule has 0 bridgehead atoms. The molecular formula is C17H14ClF2NO4. The summed E-state index contributed by atoms with van der Waals surface area (Å²) in [5.41, 5.74) is -0.0442. The number of carbonyl (C=O) groups excluding carboxylic acids is 1. The van der Waals surface area contributed by atoms with Gasteiger partial charge >= 0.3 is 5.97 Å². The van der Waals surface area contributed by atoms with Crippen molar-refractivity contribution >= 4 is 23.5 Å². The summed E-state index contributed by atoms with van der Waals surface area (Å²) in [5.74, 6) is -4.46. The lowest BCUT2D eigenvalue weighted by atomic mass is 10.0. The van der Waals surface area contributed by atoms with Crippen LogP contribution in [0.5, 0.6) is 5.75 Å². The number of rotatable bonds is 6. The zero-order chi connectivity index (χ0) is 18.6. The van der Waals surface area contributed by atoms with Crippen LogP contribution in [-0.2, 0) is 11.2 Å². The van der Waals surface area contributed by atoms with Gasteiger partial charge in [-0.1, -0.05) is 23.7 Å². The molecule has 2 aromatic carbocycles. The molecule has 5 nitrogen and oxygen atoms in total. The molecule has 132 valence electrons. The maximum atomic E-state index is 13.7. The number of halogens is 3. The van der Waals surface area contributed by atoms with Gasteiger partial charge in [-0.15, -0.1) is 0 Å². The Kier molecular flexibility index (Phi) is 5.93. The third-order valence-electron chi connectivity index (χ3n) is 3.46. The Morgan fingerprint density at radius 3 is 2.60 bits per heavy atom. The van der Waals surface area contributed by atoms with E-state index in [2.05, 4.69) is 5.32 Å². The van der Waals surface area contributed by atoms with Crippen LogP contribution in [0.2, 0.25) is 5.02 Å². The van der Waals surface area contributed by atoms with E-state index < -0.39 is 35.1 Å². The largest absolute Gasteiger partial charge is 0.495 e. The minimum absolute atomic E-state index is 0.0955. The summed E-state index contributed by atoms with van der Waals surface area (Å²) in [4.78, 5) is 23.5. The van der Waals surface area contributed by atoms with Crippen LogP contribution in [0.1, 0.15) is 15.9 Å². The lowest BCUT2D eigenvalue weighted by Crippen LogP contribution is -2.42. The van der Waals surface area contributed by atoms with Crippen molar-refractivity contribution in [1.29, 1.82) is 0 Å². The molecule has 2 aromatic rings. The van der Waals surface area contributed by atoms with Crippen molar-refractivity contribution in [3.8, 4) is 5.75 Å². The predicted molar refractivity (Wildman–Crippen MR) is 87.0 cm³/mol. The number of carboxylic acid groups (broad SMARTS) is 1. The first-order valence-corrected chi connectivity index (χ1v) is 7.51. The van der Waals surface area contributed by atoms with E-state index in [4.69, 9.17) is 16.3 Å². The Balaban J connectivity index is 2.18. The monoisotopic (exact) mass is 369 g/mol. The smallest absolute Gasteiger partial charge is 0.326 e. The highest BCUT2D eigenvalue weighted by Gasteiger charge is 2.24. The number of aliphatic carboxylic acids is 1. The van der Waals surface area contributed by atoms with E-state index in [0.29, 0.717) is 11.3 Å². The Morgan fingerprint density at radius 2 is 2.00 bits per heavy atom. The molecule has 8 heteroatoms. The van der Waals surface area contributed by atoms with Crippen LogP contribution in [0.4, 0.5) is 8.78 Å². The lowest BCUT2D eigenvalue weighted by Gasteiger charge is -2.15. The van der Waals surface area contributed by atoms with E-state index in [1.807, 2.05) is 0 Å². The molecule has 1 amide bonds. The second-order valence-electron chi connectivity index (χ2n) is 5.14. The van der Waals surface area contributed by atoms with Gasteiger partial charge in [0.05, 0.1) is 17.7 Å². The number of amides is 1. The highest BCUT2D eigenvalue weighted by Crippen LogP contribution is 2.25. The maximum absolute atomic E-state index is 13.7. The quantitative estimate of drug-likeness (QED) is 0.820. The minimum Gasteiger partial charge on any atom is -0.495 e. The molecule has 0 aliphatic heterocycles. The molecule has 0 unspecified atom stereocenters. The van der Waals surface area contributed by atoms with E-state index in [0.717, 1.165) is 18.2 Å². The van der Waals surface area contributed by atoms with Crippen molar-refractivity contribution in [3.05, 3.63) is 64.2 Å². The molecule has 0 saturated carbocycles. The summed E-state index contributed by atoms with van der Waals surface area (Å²) in [6.45, 7) is 0. The fraction of sp³-hybridized carbons (Fsp3) is 0.176. The SMILES string of the molecule is COc1ccc(C[C@@H](NC(=O)c2cccc(F)c2F)C(=O)O)cc1Cl. The Bertz CT molecular complexity index is 813. The highest BCUT2D eigenvalue weighted by molar-refractivity contribution is 6.32. The number of hydrogen-bond donors (Lipinski definition) is 2. The Morgan fingerprint density at radius 1 is 1.28 bits per heavy atom. The van der Waals surface area contributed by atoms with Gasteiger partial charge in [0, 0.05) is 6.42 Å². The van der Waals surface area contributed by atoms with E-state index in [1.165, 1.54) is 13.2 Å². The van der Waals surface area contributed by atoms with Gasteiger partial charge in [-0.3, -0.25) is 4.79 Å². The third-order valence-corrected chi connectivity index (χ3v) is 3.75. The number of nitrogens with one attached hydrogen (secondary N) is 1. The van der Waals surface area contributed by atoms with Gasteiger partial charge in [-0.2, -0.15) is 0 Å². The molecule has 0 saturated heterocycles. The van der Waals surface area contributed by atoms with E-state index in [-0.39, 0.29) is 11.4 Å². The van der Waals surface area contributed by atoms with Crippen molar-refractivity contribution in [2.75, 3.05) is 7.11 Å². The van der Waals surface area contributed by atoms with Crippen molar-refractivity contribution < 1.29 is 28.2 Å². The molecule has 0 aliphatic rings. The summed E-state index contributed by atoms with van der Waals surface area (Å²) >= 11 is 5.98. The summed E-state index contributed by atoms with van der Waals surface area (Å²) in [7, 11) is 1.44. The van der Waals surface area contributed by atoms with E-state index >= 15 is 0 Å². The summed E-state index contributed by atoms with van der Waals surface area (Å²) in [6, 6.07) is 6.40. The first-order valence-electron chi connectivity index (χ1n) is 7.13. The zero-order valence-corrected chi connectivity index (χ0v) is 13.8. The Labute approximate surface area is 147 Å². The highest BCUT2D eigenvalue weighted by atomic mass is 35.5. The van der Waals surface area contributed by atoms with Crippen molar-refractivity contribution in [1.82, 2.24) is 5.32 Å². The van der Waals surface area contributed by atoms with Crippen molar-refractivity contribution in [2.45, 2.75) is 12.5 Å². The number of hydrogen-bond acceptors (Lipinski definition) is 3. The molecular weight excluding hydrogens is 356 g/mol. The van der Waals surface area contributed by atoms with E-state index in [1.54, 1.807) is 12.1 Å². The topological polar surface area (TPSA) is 75.6 Å². The second kappa shape index (κ2) is 7.94. The second-order valence-corrected chi connectivity index (χ2v) is 5.55. The van der Waals surface area contributed by atoms with Crippen LogP contribution in [-0.4, -0.2) is 30.1 Å². The molecule has 1 atom stereocenters. The molecule has 0 fully saturated rings. The first kappa shape index (κ1) is 18.7. The van der Waals surface area contributed by atoms with Crippen LogP contribution in [0.3, 0.4) is 0 Å². The molecule has 2 rings (SSSR count). The lowest BCUT2D eigenvalue weighted by molar-refractivity contribution is -0.139. The molecule has 0 heterocycles. The van der Waals surface area contributed by atoms with Crippen molar-refractivity contribution in [2.24, 2.45) is 0 Å². The van der Waals surface area contributed by atoms with Crippen LogP contribution in [0, 0.1) is 11.6 Å². The molecule has 0 aromatic heterocycles. The standard InChI is InChI=1S/C17H14ClF2NO4/c1-25-14-6-5-9(7-11(14)18)8-13(17(23)24)21-16(22)10-3-2-4-12(19)15(10)20/h2-7,13H,8H2,1H3,(H,21,22)(H,23,24)/t13-/m1/s1. The van der Waals surface area contributed by atoms with Crippen LogP contribution >= 0.6 is 11.6 Å². The number of benzene rings is 2. The van der Waals surface area contributed by atoms with Gasteiger partial charge in [0.25, 0.3) is 5.91 Å². The molecule has 0 aliphatic carbocycles. The van der Waals surface area contributed by atoms with Gasteiger partial charge in [-0.05, 0) is 29.8 Å². The predicted octanol–water partition coefficient (Wildman–Crippen LogP) is 3.05. The number of carboxylic acids is 1. The summed E-state index contributed by atoms with van der Waals surface area (Å²) in [6.07, 6.45) is -0.0955. The third kappa shape index (κ3) is 4.45. The number of carbonyl (C=O) groups is 2. The van der Waals surface area contributed by atoms with Crippen LogP contribution in [0.15, 0.2) is 36.4 Å². The average Bonchev–Trinajstić information content (AvgIpc) is 2.56. The van der Waals surface area contributed by atoms with Crippen LogP contribution < -0.4 is 10.1 Å². The zero-order valence-electron chi connectivity index (χ0n) is 13.1. The van der Waals surface area contributed by atoms with E-state index in [9.17, 15) is 23.5 Å². The van der Waals surface area contributed by atoms with Gasteiger partial charge in [-0.25, -0.2) is 13.6 Å². The molecule has 2 N–H and O–H groups in total.